The smallest absolute Gasteiger partial charge is 0.325 e. The third-order valence-corrected chi connectivity index (χ3v) is 2.28. The van der Waals surface area contributed by atoms with Crippen molar-refractivity contribution in [1.29, 1.82) is 0 Å². The Morgan fingerprint density at radius 1 is 1.29 bits per heavy atom. The van der Waals surface area contributed by atoms with Gasteiger partial charge < -0.3 is 15.4 Å². The van der Waals surface area contributed by atoms with Crippen molar-refractivity contribution in [2.24, 2.45) is 11.7 Å². The predicted octanol–water partition coefficient (Wildman–Crippen LogP) is 0.771. The molecular formula is C12H24N2O3. The van der Waals surface area contributed by atoms with E-state index in [1.165, 1.54) is 4.90 Å². The van der Waals surface area contributed by atoms with E-state index in [-0.39, 0.29) is 24.3 Å². The number of hydrogen-bond donors (Lipinski definition) is 1. The molecule has 100 valence electrons. The quantitative estimate of drug-likeness (QED) is 0.671. The van der Waals surface area contributed by atoms with Gasteiger partial charge in [0.15, 0.2) is 0 Å². The van der Waals surface area contributed by atoms with E-state index in [0.717, 1.165) is 0 Å². The van der Waals surface area contributed by atoms with Crippen molar-refractivity contribution in [3.63, 3.8) is 0 Å². The van der Waals surface area contributed by atoms with Gasteiger partial charge in [-0.2, -0.15) is 0 Å². The molecule has 0 aliphatic rings. The zero-order chi connectivity index (χ0) is 13.4. The lowest BCUT2D eigenvalue weighted by Gasteiger charge is -2.26. The van der Waals surface area contributed by atoms with Gasteiger partial charge in [0.2, 0.25) is 5.91 Å². The van der Waals surface area contributed by atoms with Gasteiger partial charge in [-0.3, -0.25) is 9.59 Å². The van der Waals surface area contributed by atoms with Gasteiger partial charge in [0.25, 0.3) is 0 Å². The number of carbonyl (C=O) groups excluding carboxylic acids is 2. The summed E-state index contributed by atoms with van der Waals surface area (Å²) in [5, 5.41) is 0. The van der Waals surface area contributed by atoms with Gasteiger partial charge in [0, 0.05) is 6.54 Å². The molecule has 0 radical (unpaired) electrons. The maximum Gasteiger partial charge on any atom is 0.325 e. The molecule has 5 nitrogen and oxygen atoms in total. The van der Waals surface area contributed by atoms with Crippen LogP contribution >= 0.6 is 0 Å². The van der Waals surface area contributed by atoms with Crippen LogP contribution < -0.4 is 5.73 Å². The van der Waals surface area contributed by atoms with Crippen molar-refractivity contribution in [3.05, 3.63) is 0 Å². The van der Waals surface area contributed by atoms with E-state index in [1.54, 1.807) is 6.92 Å². The van der Waals surface area contributed by atoms with Gasteiger partial charge in [-0.05, 0) is 19.3 Å². The molecule has 0 unspecified atom stereocenters. The van der Waals surface area contributed by atoms with Crippen LogP contribution in [-0.4, -0.2) is 42.5 Å². The highest BCUT2D eigenvalue weighted by Gasteiger charge is 2.22. The normalized spacial score (nSPS) is 12.4. The van der Waals surface area contributed by atoms with Gasteiger partial charge in [-0.15, -0.1) is 0 Å². The van der Waals surface area contributed by atoms with Gasteiger partial charge >= 0.3 is 5.97 Å². The molecule has 0 bridgehead atoms. The predicted molar refractivity (Wildman–Crippen MR) is 66.3 cm³/mol. The number of hydrogen-bond acceptors (Lipinski definition) is 4. The fourth-order valence-electron chi connectivity index (χ4n) is 1.44. The summed E-state index contributed by atoms with van der Waals surface area (Å²) in [5.41, 5.74) is 5.70. The maximum atomic E-state index is 11.9. The summed E-state index contributed by atoms with van der Waals surface area (Å²) in [6, 6.07) is -0.539. The number of rotatable bonds is 7. The highest BCUT2D eigenvalue weighted by atomic mass is 16.5. The molecule has 1 amide bonds. The first-order valence-electron chi connectivity index (χ1n) is 6.12. The molecule has 0 fully saturated rings. The molecule has 0 rings (SSSR count). The molecular weight excluding hydrogens is 220 g/mol. The van der Waals surface area contributed by atoms with Gasteiger partial charge in [-0.1, -0.05) is 20.8 Å². The summed E-state index contributed by atoms with van der Waals surface area (Å²) in [5.74, 6) is -0.281. The number of carbonyl (C=O) groups is 2. The number of nitrogens with zero attached hydrogens (tertiary/aromatic N) is 1. The summed E-state index contributed by atoms with van der Waals surface area (Å²) in [6.45, 7) is 8.39. The topological polar surface area (TPSA) is 72.6 Å². The molecule has 5 heteroatoms. The molecule has 0 aromatic rings. The van der Waals surface area contributed by atoms with Crippen molar-refractivity contribution in [1.82, 2.24) is 4.90 Å². The third-order valence-electron chi connectivity index (χ3n) is 2.28. The Kier molecular flexibility index (Phi) is 7.54. The SMILES string of the molecule is CCOC(=O)CN(CC(C)C)C(=O)[C@@H](N)CC. The fraction of sp³-hybridized carbons (Fsp3) is 0.833. The van der Waals surface area contributed by atoms with Crippen LogP contribution in [0.1, 0.15) is 34.1 Å². The van der Waals surface area contributed by atoms with Crippen molar-refractivity contribution in [2.75, 3.05) is 19.7 Å². The Balaban J connectivity index is 4.52. The summed E-state index contributed by atoms with van der Waals surface area (Å²) >= 11 is 0. The van der Waals surface area contributed by atoms with E-state index in [2.05, 4.69) is 0 Å². The lowest BCUT2D eigenvalue weighted by atomic mass is 10.1. The van der Waals surface area contributed by atoms with Crippen LogP contribution in [0.25, 0.3) is 0 Å². The zero-order valence-corrected chi connectivity index (χ0v) is 11.2. The first-order valence-corrected chi connectivity index (χ1v) is 6.12. The molecule has 0 aliphatic carbocycles. The minimum atomic E-state index is -0.539. The molecule has 17 heavy (non-hydrogen) atoms. The Morgan fingerprint density at radius 3 is 2.29 bits per heavy atom. The molecule has 1 atom stereocenters. The standard InChI is InChI=1S/C12H24N2O3/c1-5-10(13)12(16)14(7-9(3)4)8-11(15)17-6-2/h9-10H,5-8,13H2,1-4H3/t10-/m0/s1. The van der Waals surface area contributed by atoms with Gasteiger partial charge in [-0.25, -0.2) is 0 Å². The summed E-state index contributed by atoms with van der Waals surface area (Å²) in [6.07, 6.45) is 0.566. The fourth-order valence-corrected chi connectivity index (χ4v) is 1.44. The Labute approximate surface area is 103 Å². The number of ether oxygens (including phenoxy) is 1. The first-order chi connectivity index (χ1) is 7.92. The summed E-state index contributed by atoms with van der Waals surface area (Å²) in [4.78, 5) is 24.8. The van der Waals surface area contributed by atoms with E-state index in [9.17, 15) is 9.59 Å². The molecule has 0 aromatic carbocycles. The zero-order valence-electron chi connectivity index (χ0n) is 11.2. The van der Waals surface area contributed by atoms with E-state index in [0.29, 0.717) is 19.6 Å². The average molecular weight is 244 g/mol. The second-order valence-electron chi connectivity index (χ2n) is 4.43. The molecule has 2 N–H and O–H groups in total. The van der Waals surface area contributed by atoms with E-state index >= 15 is 0 Å². The minimum Gasteiger partial charge on any atom is -0.465 e. The van der Waals surface area contributed by atoms with Gasteiger partial charge in [0.05, 0.1) is 12.6 Å². The molecule has 0 heterocycles. The number of nitrogens with two attached hydrogens (primary N) is 1. The Bertz CT molecular complexity index is 254. The van der Waals surface area contributed by atoms with Gasteiger partial charge in [0.1, 0.15) is 6.54 Å². The first kappa shape index (κ1) is 15.9. The second-order valence-corrected chi connectivity index (χ2v) is 4.43. The summed E-state index contributed by atoms with van der Waals surface area (Å²) in [7, 11) is 0. The largest absolute Gasteiger partial charge is 0.465 e. The highest BCUT2D eigenvalue weighted by molar-refractivity contribution is 5.85. The van der Waals surface area contributed by atoms with E-state index in [1.807, 2.05) is 20.8 Å². The molecule has 0 saturated heterocycles. The molecule has 0 spiro atoms. The van der Waals surface area contributed by atoms with Crippen molar-refractivity contribution in [2.45, 2.75) is 40.2 Å². The van der Waals surface area contributed by atoms with Crippen LogP contribution in [0.4, 0.5) is 0 Å². The monoisotopic (exact) mass is 244 g/mol. The van der Waals surface area contributed by atoms with Crippen LogP contribution in [-0.2, 0) is 14.3 Å². The maximum absolute atomic E-state index is 11.9. The van der Waals surface area contributed by atoms with Crippen molar-refractivity contribution >= 4 is 11.9 Å². The molecule has 0 aromatic heterocycles. The number of amides is 1. The third kappa shape index (κ3) is 6.26. The van der Waals surface area contributed by atoms with Crippen LogP contribution in [0.5, 0.6) is 0 Å². The average Bonchev–Trinajstić information content (AvgIpc) is 2.25. The Morgan fingerprint density at radius 2 is 1.88 bits per heavy atom. The minimum absolute atomic E-state index is 0.0153. The lowest BCUT2D eigenvalue weighted by molar-refractivity contribution is -0.149. The highest BCUT2D eigenvalue weighted by Crippen LogP contribution is 2.03. The van der Waals surface area contributed by atoms with Crippen LogP contribution in [0.2, 0.25) is 0 Å². The molecule has 0 saturated carbocycles. The Hall–Kier alpha value is -1.10. The van der Waals surface area contributed by atoms with Crippen LogP contribution in [0.3, 0.4) is 0 Å². The van der Waals surface area contributed by atoms with Crippen LogP contribution in [0.15, 0.2) is 0 Å². The number of esters is 1. The van der Waals surface area contributed by atoms with Crippen LogP contribution in [0, 0.1) is 5.92 Å². The molecule has 0 aliphatic heterocycles. The van der Waals surface area contributed by atoms with Crippen molar-refractivity contribution < 1.29 is 14.3 Å². The lowest BCUT2D eigenvalue weighted by Crippen LogP contribution is -2.47. The second kappa shape index (κ2) is 8.06. The van der Waals surface area contributed by atoms with E-state index < -0.39 is 6.04 Å². The van der Waals surface area contributed by atoms with Crippen molar-refractivity contribution in [3.8, 4) is 0 Å². The van der Waals surface area contributed by atoms with E-state index in [4.69, 9.17) is 10.5 Å². The summed E-state index contributed by atoms with van der Waals surface area (Å²) < 4.78 is 4.84.